The molecular weight excluding hydrogens is 384 g/mol. The topological polar surface area (TPSA) is 24.5 Å². The summed E-state index contributed by atoms with van der Waals surface area (Å²) in [5.41, 5.74) is 1.47. The first-order chi connectivity index (χ1) is 9.53. The number of piperazine rings is 1. The summed E-state index contributed by atoms with van der Waals surface area (Å²) >= 11 is 7.22. The predicted octanol–water partition coefficient (Wildman–Crippen LogP) is 3.80. The van der Waals surface area contributed by atoms with Crippen LogP contribution in [0.3, 0.4) is 0 Å². The van der Waals surface area contributed by atoms with Crippen LogP contribution < -0.4 is 15.0 Å². The Bertz CT molecular complexity index is 519. The van der Waals surface area contributed by atoms with E-state index in [4.69, 9.17) is 4.74 Å². The summed E-state index contributed by atoms with van der Waals surface area (Å²) in [4.78, 5) is 2.47. The van der Waals surface area contributed by atoms with E-state index in [0.717, 1.165) is 40.2 Å². The summed E-state index contributed by atoms with van der Waals surface area (Å²) in [5, 5.41) is 3.72. The molecule has 1 atom stereocenters. The van der Waals surface area contributed by atoms with Gasteiger partial charge in [-0.3, -0.25) is 0 Å². The Morgan fingerprint density at radius 3 is 2.70 bits per heavy atom. The van der Waals surface area contributed by atoms with E-state index < -0.39 is 0 Å². The highest BCUT2D eigenvalue weighted by atomic mass is 79.9. The highest BCUT2D eigenvalue weighted by Crippen LogP contribution is 2.43. The van der Waals surface area contributed by atoms with Gasteiger partial charge in [-0.15, -0.1) is 0 Å². The second-order valence-corrected chi connectivity index (χ2v) is 7.69. The van der Waals surface area contributed by atoms with Crippen LogP contribution >= 0.6 is 31.9 Å². The number of rotatable bonds is 3. The van der Waals surface area contributed by atoms with E-state index in [2.05, 4.69) is 61.1 Å². The van der Waals surface area contributed by atoms with Crippen LogP contribution in [0.1, 0.15) is 19.8 Å². The van der Waals surface area contributed by atoms with Crippen LogP contribution in [0.15, 0.2) is 21.1 Å². The Labute approximate surface area is 137 Å². The highest BCUT2D eigenvalue weighted by molar-refractivity contribution is 9.11. The van der Waals surface area contributed by atoms with E-state index in [9.17, 15) is 0 Å². The van der Waals surface area contributed by atoms with Gasteiger partial charge >= 0.3 is 0 Å². The number of hydrogen-bond acceptors (Lipinski definition) is 3. The fourth-order valence-corrected chi connectivity index (χ4v) is 4.53. The molecule has 1 aromatic carbocycles. The molecule has 1 heterocycles. The minimum atomic E-state index is 0.248. The van der Waals surface area contributed by atoms with Gasteiger partial charge in [0.05, 0.1) is 17.3 Å². The summed E-state index contributed by atoms with van der Waals surface area (Å²) in [7, 11) is 1.71. The molecule has 1 aliphatic carbocycles. The third kappa shape index (κ3) is 2.72. The number of hydrogen-bond donors (Lipinski definition) is 1. The molecule has 5 heteroatoms. The van der Waals surface area contributed by atoms with E-state index in [0.29, 0.717) is 0 Å². The zero-order chi connectivity index (χ0) is 14.3. The first-order valence-electron chi connectivity index (χ1n) is 7.06. The first kappa shape index (κ1) is 14.7. The average Bonchev–Trinajstić information content (AvgIpc) is 3.23. The fraction of sp³-hybridized carbons (Fsp3) is 0.600. The van der Waals surface area contributed by atoms with Crippen LogP contribution in [0.25, 0.3) is 0 Å². The third-order valence-corrected chi connectivity index (χ3v) is 5.73. The number of halogens is 2. The summed E-state index contributed by atoms with van der Waals surface area (Å²) in [6.07, 6.45) is 2.73. The lowest BCUT2D eigenvalue weighted by Crippen LogP contribution is -2.60. The molecule has 20 heavy (non-hydrogen) atoms. The molecule has 2 aliphatic rings. The maximum Gasteiger partial charge on any atom is 0.135 e. The van der Waals surface area contributed by atoms with Crippen molar-refractivity contribution in [1.29, 1.82) is 0 Å². The zero-order valence-corrected chi connectivity index (χ0v) is 15.1. The summed E-state index contributed by atoms with van der Waals surface area (Å²) < 4.78 is 7.53. The second kappa shape index (κ2) is 5.50. The quantitative estimate of drug-likeness (QED) is 0.830. The SMILES string of the molecule is COc1cc(N2CCNC(C)(C3CC3)C2)c(Br)cc1Br. The molecule has 1 saturated heterocycles. The number of methoxy groups -OCH3 is 1. The molecular formula is C15H20Br2N2O. The molecule has 2 fully saturated rings. The van der Waals surface area contributed by atoms with Gasteiger partial charge in [0.2, 0.25) is 0 Å². The lowest BCUT2D eigenvalue weighted by Gasteiger charge is -2.43. The molecule has 1 N–H and O–H groups in total. The molecule has 3 nitrogen and oxygen atoms in total. The summed E-state index contributed by atoms with van der Waals surface area (Å²) in [5.74, 6) is 1.72. The number of ether oxygens (including phenoxy) is 1. The molecule has 1 unspecified atom stereocenters. The van der Waals surface area contributed by atoms with Crippen molar-refractivity contribution in [1.82, 2.24) is 5.32 Å². The lowest BCUT2D eigenvalue weighted by molar-refractivity contribution is 0.285. The van der Waals surface area contributed by atoms with E-state index >= 15 is 0 Å². The molecule has 0 amide bonds. The van der Waals surface area contributed by atoms with Crippen LogP contribution in [0.4, 0.5) is 5.69 Å². The van der Waals surface area contributed by atoms with Crippen molar-refractivity contribution in [3.05, 3.63) is 21.1 Å². The van der Waals surface area contributed by atoms with Crippen molar-refractivity contribution in [2.45, 2.75) is 25.3 Å². The van der Waals surface area contributed by atoms with Crippen LogP contribution in [0, 0.1) is 5.92 Å². The number of nitrogens with zero attached hydrogens (tertiary/aromatic N) is 1. The van der Waals surface area contributed by atoms with Crippen molar-refractivity contribution in [3.8, 4) is 5.75 Å². The first-order valence-corrected chi connectivity index (χ1v) is 8.65. The maximum atomic E-state index is 5.43. The van der Waals surface area contributed by atoms with Crippen LogP contribution in [-0.2, 0) is 0 Å². The van der Waals surface area contributed by atoms with Crippen molar-refractivity contribution in [2.75, 3.05) is 31.6 Å². The van der Waals surface area contributed by atoms with Crippen LogP contribution in [0.5, 0.6) is 5.75 Å². The van der Waals surface area contributed by atoms with Gasteiger partial charge in [0, 0.05) is 35.7 Å². The third-order valence-electron chi connectivity index (χ3n) is 4.47. The van der Waals surface area contributed by atoms with Gasteiger partial charge in [0.1, 0.15) is 5.75 Å². The molecule has 0 bridgehead atoms. The monoisotopic (exact) mass is 402 g/mol. The van der Waals surface area contributed by atoms with Crippen LogP contribution in [-0.4, -0.2) is 32.3 Å². The Morgan fingerprint density at radius 1 is 1.30 bits per heavy atom. The predicted molar refractivity (Wildman–Crippen MR) is 89.7 cm³/mol. The normalized spacial score (nSPS) is 26.7. The molecule has 1 saturated carbocycles. The Balaban J connectivity index is 1.88. The van der Waals surface area contributed by atoms with E-state index in [1.54, 1.807) is 7.11 Å². The smallest absolute Gasteiger partial charge is 0.135 e. The Hall–Kier alpha value is -0.260. The summed E-state index contributed by atoms with van der Waals surface area (Å²) in [6, 6.07) is 4.19. The van der Waals surface area contributed by atoms with Gasteiger partial charge in [-0.25, -0.2) is 0 Å². The minimum absolute atomic E-state index is 0.248. The zero-order valence-electron chi connectivity index (χ0n) is 11.9. The highest BCUT2D eigenvalue weighted by Gasteiger charge is 2.44. The van der Waals surface area contributed by atoms with Gasteiger partial charge in [-0.1, -0.05) is 0 Å². The molecule has 1 aromatic rings. The molecule has 0 spiro atoms. The number of nitrogens with one attached hydrogen (secondary N) is 1. The molecule has 110 valence electrons. The number of anilines is 1. The molecule has 0 radical (unpaired) electrons. The van der Waals surface area contributed by atoms with E-state index in [1.165, 1.54) is 18.5 Å². The van der Waals surface area contributed by atoms with Gasteiger partial charge in [0.25, 0.3) is 0 Å². The van der Waals surface area contributed by atoms with Crippen LogP contribution in [0.2, 0.25) is 0 Å². The Morgan fingerprint density at radius 2 is 2.05 bits per heavy atom. The maximum absolute atomic E-state index is 5.43. The largest absolute Gasteiger partial charge is 0.495 e. The molecule has 1 aliphatic heterocycles. The molecule has 0 aromatic heterocycles. The summed E-state index contributed by atoms with van der Waals surface area (Å²) in [6.45, 7) is 5.49. The van der Waals surface area contributed by atoms with Gasteiger partial charge < -0.3 is 15.0 Å². The van der Waals surface area contributed by atoms with Crippen molar-refractivity contribution in [2.24, 2.45) is 5.92 Å². The minimum Gasteiger partial charge on any atom is -0.495 e. The van der Waals surface area contributed by atoms with Crippen molar-refractivity contribution < 1.29 is 4.74 Å². The standard InChI is InChI=1S/C15H20Br2N2O/c1-15(10-3-4-10)9-19(6-5-18-15)13-8-14(20-2)12(17)7-11(13)16/h7-8,10,18H,3-6,9H2,1-2H3. The van der Waals surface area contributed by atoms with Gasteiger partial charge in [-0.2, -0.15) is 0 Å². The lowest BCUT2D eigenvalue weighted by atomic mass is 9.92. The van der Waals surface area contributed by atoms with E-state index in [-0.39, 0.29) is 5.54 Å². The average molecular weight is 404 g/mol. The number of benzene rings is 1. The Kier molecular flexibility index (Phi) is 4.04. The van der Waals surface area contributed by atoms with Gasteiger partial charge in [0.15, 0.2) is 0 Å². The van der Waals surface area contributed by atoms with Gasteiger partial charge in [-0.05, 0) is 63.6 Å². The van der Waals surface area contributed by atoms with Crippen molar-refractivity contribution >= 4 is 37.5 Å². The second-order valence-electron chi connectivity index (χ2n) is 5.98. The van der Waals surface area contributed by atoms with E-state index in [1.807, 2.05) is 0 Å². The fourth-order valence-electron chi connectivity index (χ4n) is 3.12. The molecule has 3 rings (SSSR count). The van der Waals surface area contributed by atoms with Crippen molar-refractivity contribution in [3.63, 3.8) is 0 Å².